The van der Waals surface area contributed by atoms with Gasteiger partial charge in [-0.2, -0.15) is 4.31 Å². The maximum absolute atomic E-state index is 13.0. The van der Waals surface area contributed by atoms with Crippen LogP contribution in [-0.4, -0.2) is 24.6 Å². The Bertz CT molecular complexity index is 798. The van der Waals surface area contributed by atoms with Crippen LogP contribution in [0.1, 0.15) is 16.7 Å². The molecule has 0 radical (unpaired) electrons. The highest BCUT2D eigenvalue weighted by Gasteiger charge is 2.23. The minimum atomic E-state index is -3.54. The van der Waals surface area contributed by atoms with Gasteiger partial charge in [0.2, 0.25) is 10.0 Å². The van der Waals surface area contributed by atoms with Crippen LogP contribution in [0.5, 0.6) is 0 Å². The number of sulfonamides is 1. The molecule has 3 nitrogen and oxygen atoms in total. The zero-order chi connectivity index (χ0) is 17.6. The van der Waals surface area contributed by atoms with Crippen LogP contribution in [0.2, 0.25) is 0 Å². The Morgan fingerprint density at radius 3 is 2.33 bits per heavy atom. The first-order chi connectivity index (χ1) is 11.4. The molecule has 0 saturated heterocycles. The molecule has 2 rings (SSSR count). The second-order valence-corrected chi connectivity index (χ2v) is 8.31. The summed E-state index contributed by atoms with van der Waals surface area (Å²) in [4.78, 5) is 0.327. The van der Waals surface area contributed by atoms with E-state index in [1.807, 2.05) is 62.4 Å². The van der Waals surface area contributed by atoms with Crippen LogP contribution in [-0.2, 0) is 16.6 Å². The van der Waals surface area contributed by atoms with Crippen molar-refractivity contribution >= 4 is 26.0 Å². The molecule has 0 fully saturated rings. The zero-order valence-electron chi connectivity index (χ0n) is 13.9. The molecule has 0 saturated carbocycles. The number of aryl methyl sites for hydroxylation is 2. The Labute approximate surface area is 153 Å². The largest absolute Gasteiger partial charge is 0.243 e. The van der Waals surface area contributed by atoms with Crippen LogP contribution < -0.4 is 0 Å². The summed E-state index contributed by atoms with van der Waals surface area (Å²) >= 11 is 3.32. The Morgan fingerprint density at radius 1 is 1.00 bits per heavy atom. The zero-order valence-corrected chi connectivity index (χ0v) is 16.3. The topological polar surface area (TPSA) is 37.4 Å². The van der Waals surface area contributed by atoms with Crippen molar-refractivity contribution in [2.75, 3.05) is 11.9 Å². The van der Waals surface area contributed by atoms with Crippen molar-refractivity contribution in [3.8, 4) is 0 Å². The van der Waals surface area contributed by atoms with E-state index in [4.69, 9.17) is 0 Å². The smallest absolute Gasteiger partial charge is 0.207 e. The number of hydrogen-bond donors (Lipinski definition) is 0. The summed E-state index contributed by atoms with van der Waals surface area (Å²) in [6.07, 6.45) is 3.78. The minimum Gasteiger partial charge on any atom is -0.207 e. The quantitative estimate of drug-likeness (QED) is 0.502. The third-order valence-corrected chi connectivity index (χ3v) is 5.86. The van der Waals surface area contributed by atoms with Gasteiger partial charge in [-0.15, -0.1) is 0 Å². The maximum atomic E-state index is 13.0. The summed E-state index contributed by atoms with van der Waals surface area (Å²) < 4.78 is 27.5. The lowest BCUT2D eigenvalue weighted by Gasteiger charge is -2.21. The van der Waals surface area contributed by atoms with E-state index in [9.17, 15) is 8.42 Å². The number of halogens is 1. The molecule has 0 aliphatic rings. The molecule has 0 aliphatic heterocycles. The van der Waals surface area contributed by atoms with Crippen molar-refractivity contribution in [2.45, 2.75) is 25.3 Å². The predicted molar refractivity (Wildman–Crippen MR) is 103 cm³/mol. The molecule has 0 spiro atoms. The number of nitrogens with zero attached hydrogens (tertiary/aromatic N) is 1. The van der Waals surface area contributed by atoms with Crippen molar-refractivity contribution in [2.24, 2.45) is 0 Å². The van der Waals surface area contributed by atoms with Crippen LogP contribution in [0.4, 0.5) is 0 Å². The van der Waals surface area contributed by atoms with Gasteiger partial charge in [0.05, 0.1) is 4.90 Å². The van der Waals surface area contributed by atoms with E-state index in [0.29, 0.717) is 23.3 Å². The Balaban J connectivity index is 2.33. The summed E-state index contributed by atoms with van der Waals surface area (Å²) in [5.41, 5.74) is 3.15. The fourth-order valence-corrected chi connectivity index (χ4v) is 4.02. The average Bonchev–Trinajstić information content (AvgIpc) is 2.54. The second kappa shape index (κ2) is 8.60. The fourth-order valence-electron chi connectivity index (χ4n) is 2.38. The summed E-state index contributed by atoms with van der Waals surface area (Å²) in [5.74, 6) is 0. The molecule has 0 unspecified atom stereocenters. The maximum Gasteiger partial charge on any atom is 0.243 e. The molecular formula is C19H22BrNO2S. The predicted octanol–water partition coefficient (Wildman–Crippen LogP) is 4.45. The van der Waals surface area contributed by atoms with Gasteiger partial charge in [-0.3, -0.25) is 0 Å². The first-order valence-corrected chi connectivity index (χ1v) is 10.3. The molecule has 2 aromatic carbocycles. The van der Waals surface area contributed by atoms with Gasteiger partial charge < -0.3 is 0 Å². The van der Waals surface area contributed by atoms with Crippen molar-refractivity contribution in [1.29, 1.82) is 0 Å². The van der Waals surface area contributed by atoms with Crippen molar-refractivity contribution < 1.29 is 8.42 Å². The number of benzene rings is 2. The van der Waals surface area contributed by atoms with E-state index in [0.717, 1.165) is 16.7 Å². The highest BCUT2D eigenvalue weighted by Crippen LogP contribution is 2.19. The Hall–Kier alpha value is -1.43. The average molecular weight is 408 g/mol. The van der Waals surface area contributed by atoms with E-state index in [1.165, 1.54) is 4.31 Å². The lowest BCUT2D eigenvalue weighted by molar-refractivity contribution is 0.438. The highest BCUT2D eigenvalue weighted by atomic mass is 79.9. The van der Waals surface area contributed by atoms with Crippen LogP contribution in [0.25, 0.3) is 0 Å². The second-order valence-electron chi connectivity index (χ2n) is 5.73. The molecular weight excluding hydrogens is 386 g/mol. The van der Waals surface area contributed by atoms with Crippen molar-refractivity contribution in [3.05, 3.63) is 77.4 Å². The van der Waals surface area contributed by atoms with E-state index in [1.54, 1.807) is 12.1 Å². The molecule has 0 atom stereocenters. The third-order valence-electron chi connectivity index (χ3n) is 3.66. The molecule has 0 aromatic heterocycles. The fraction of sp³-hybridized carbons (Fsp3) is 0.263. The first-order valence-electron chi connectivity index (χ1n) is 7.77. The molecule has 0 N–H and O–H groups in total. The van der Waals surface area contributed by atoms with E-state index >= 15 is 0 Å². The summed E-state index contributed by atoms with van der Waals surface area (Å²) in [5, 5.41) is 0.704. The monoisotopic (exact) mass is 407 g/mol. The lowest BCUT2D eigenvalue weighted by atomic mass is 10.1. The molecule has 0 aliphatic carbocycles. The molecule has 0 bridgehead atoms. The summed E-state index contributed by atoms with van der Waals surface area (Å²) in [7, 11) is -3.54. The molecule has 2 aromatic rings. The summed E-state index contributed by atoms with van der Waals surface area (Å²) in [6, 6.07) is 14.9. The molecule has 0 heterocycles. The normalized spacial score (nSPS) is 12.2. The molecule has 128 valence electrons. The molecule has 0 amide bonds. The van der Waals surface area contributed by atoms with Gasteiger partial charge in [-0.25, -0.2) is 8.42 Å². The number of allylic oxidation sites excluding steroid dienone is 1. The van der Waals surface area contributed by atoms with Gasteiger partial charge in [0.25, 0.3) is 0 Å². The Kier molecular flexibility index (Phi) is 6.78. The number of alkyl halides is 1. The Morgan fingerprint density at radius 2 is 1.71 bits per heavy atom. The van der Waals surface area contributed by atoms with Crippen molar-refractivity contribution in [1.82, 2.24) is 4.31 Å². The van der Waals surface area contributed by atoms with Gasteiger partial charge in [0.15, 0.2) is 0 Å². The van der Waals surface area contributed by atoms with Crippen LogP contribution in [0, 0.1) is 13.8 Å². The van der Waals surface area contributed by atoms with Crippen LogP contribution in [0.15, 0.2) is 65.6 Å². The van der Waals surface area contributed by atoms with E-state index < -0.39 is 10.0 Å². The minimum absolute atomic E-state index is 0.327. The molecule has 5 heteroatoms. The van der Waals surface area contributed by atoms with Crippen LogP contribution in [0.3, 0.4) is 0 Å². The SMILES string of the molecule is Cc1ccc(S(=O)(=O)N(C/C=C/CBr)Cc2cccc(C)c2)cc1. The first kappa shape index (κ1) is 18.9. The standard InChI is InChI=1S/C19H22BrNO2S/c1-16-8-10-19(11-9-16)24(22,23)21(13-4-3-12-20)15-18-7-5-6-17(2)14-18/h3-11,14H,12-13,15H2,1-2H3/b4-3+. The summed E-state index contributed by atoms with van der Waals surface area (Å²) in [6.45, 7) is 4.65. The number of rotatable bonds is 7. The molecule has 24 heavy (non-hydrogen) atoms. The van der Waals surface area contributed by atoms with E-state index in [2.05, 4.69) is 15.9 Å². The van der Waals surface area contributed by atoms with Crippen LogP contribution >= 0.6 is 15.9 Å². The highest BCUT2D eigenvalue weighted by molar-refractivity contribution is 9.09. The van der Waals surface area contributed by atoms with E-state index in [-0.39, 0.29) is 0 Å². The lowest BCUT2D eigenvalue weighted by Crippen LogP contribution is -2.31. The van der Waals surface area contributed by atoms with Crippen molar-refractivity contribution in [3.63, 3.8) is 0 Å². The van der Waals surface area contributed by atoms with Gasteiger partial charge in [0, 0.05) is 18.4 Å². The third kappa shape index (κ3) is 5.03. The van der Waals surface area contributed by atoms with Gasteiger partial charge in [0.1, 0.15) is 0 Å². The number of hydrogen-bond acceptors (Lipinski definition) is 2. The van der Waals surface area contributed by atoms with Gasteiger partial charge in [-0.05, 0) is 31.5 Å². The van der Waals surface area contributed by atoms with Gasteiger partial charge in [-0.1, -0.05) is 75.6 Å². The van der Waals surface area contributed by atoms with Gasteiger partial charge >= 0.3 is 0 Å².